The zero-order chi connectivity index (χ0) is 15.1. The number of nitrogens with one attached hydrogen (secondary N) is 1. The van der Waals surface area contributed by atoms with E-state index in [9.17, 15) is 4.79 Å². The summed E-state index contributed by atoms with van der Waals surface area (Å²) < 4.78 is 1.70. The Hall–Kier alpha value is -1.85. The standard InChI is InChI=1S/C15H19ClN4O/c16-14-6-2-1-5-12(14)10-20-11-13(9-19-20)15(21)18-8-4-3-7-17/h1-2,5-6,9,11H,3-4,7-8,10,17H2,(H,18,21). The monoisotopic (exact) mass is 306 g/mol. The van der Waals surface area contributed by atoms with Crippen LogP contribution in [0.15, 0.2) is 36.7 Å². The zero-order valence-corrected chi connectivity index (χ0v) is 12.5. The minimum atomic E-state index is -0.113. The number of hydrogen-bond donors (Lipinski definition) is 2. The van der Waals surface area contributed by atoms with Crippen molar-refractivity contribution in [2.24, 2.45) is 5.73 Å². The maximum atomic E-state index is 11.9. The maximum absolute atomic E-state index is 11.9. The van der Waals surface area contributed by atoms with Crippen LogP contribution in [0, 0.1) is 0 Å². The van der Waals surface area contributed by atoms with Gasteiger partial charge in [-0.3, -0.25) is 9.48 Å². The first kappa shape index (κ1) is 15.5. The molecule has 0 aliphatic heterocycles. The summed E-state index contributed by atoms with van der Waals surface area (Å²) in [6.45, 7) is 1.82. The zero-order valence-electron chi connectivity index (χ0n) is 11.8. The van der Waals surface area contributed by atoms with Gasteiger partial charge in [0, 0.05) is 17.8 Å². The van der Waals surface area contributed by atoms with Crippen LogP contribution < -0.4 is 11.1 Å². The van der Waals surface area contributed by atoms with Crippen LogP contribution in [0.5, 0.6) is 0 Å². The summed E-state index contributed by atoms with van der Waals surface area (Å²) in [5.74, 6) is -0.113. The van der Waals surface area contributed by atoms with Crippen LogP contribution in [-0.4, -0.2) is 28.8 Å². The van der Waals surface area contributed by atoms with Gasteiger partial charge in [0.25, 0.3) is 5.91 Å². The number of nitrogens with zero attached hydrogens (tertiary/aromatic N) is 2. The lowest BCUT2D eigenvalue weighted by molar-refractivity contribution is 0.0953. The Morgan fingerprint density at radius 2 is 2.14 bits per heavy atom. The number of amides is 1. The highest BCUT2D eigenvalue weighted by Crippen LogP contribution is 2.16. The highest BCUT2D eigenvalue weighted by atomic mass is 35.5. The molecule has 6 heteroatoms. The fourth-order valence-corrected chi connectivity index (χ4v) is 2.14. The number of benzene rings is 1. The fourth-order valence-electron chi connectivity index (χ4n) is 1.94. The van der Waals surface area contributed by atoms with E-state index in [1.807, 2.05) is 24.3 Å². The molecule has 2 rings (SSSR count). The third-order valence-electron chi connectivity index (χ3n) is 3.10. The Morgan fingerprint density at radius 1 is 1.33 bits per heavy atom. The number of nitrogens with two attached hydrogens (primary N) is 1. The quantitative estimate of drug-likeness (QED) is 0.769. The van der Waals surface area contributed by atoms with Crippen molar-refractivity contribution in [3.05, 3.63) is 52.8 Å². The van der Waals surface area contributed by atoms with Gasteiger partial charge in [-0.05, 0) is 31.0 Å². The van der Waals surface area contributed by atoms with Gasteiger partial charge in [-0.15, -0.1) is 0 Å². The summed E-state index contributed by atoms with van der Waals surface area (Å²) in [6, 6.07) is 7.59. The number of halogens is 1. The first-order chi connectivity index (χ1) is 10.2. The molecule has 0 unspecified atom stereocenters. The van der Waals surface area contributed by atoms with E-state index in [0.717, 1.165) is 18.4 Å². The Bertz CT molecular complexity index is 597. The van der Waals surface area contributed by atoms with Gasteiger partial charge in [-0.2, -0.15) is 5.10 Å². The first-order valence-electron chi connectivity index (χ1n) is 6.95. The average Bonchev–Trinajstić information content (AvgIpc) is 2.94. The van der Waals surface area contributed by atoms with Crippen LogP contribution in [0.25, 0.3) is 0 Å². The molecule has 0 aliphatic carbocycles. The Morgan fingerprint density at radius 3 is 2.90 bits per heavy atom. The average molecular weight is 307 g/mol. The molecule has 21 heavy (non-hydrogen) atoms. The second-order valence-corrected chi connectivity index (χ2v) is 5.18. The predicted octanol–water partition coefficient (Wildman–Crippen LogP) is 2.05. The lowest BCUT2D eigenvalue weighted by Gasteiger charge is -2.04. The van der Waals surface area contributed by atoms with Crippen molar-refractivity contribution in [3.63, 3.8) is 0 Å². The van der Waals surface area contributed by atoms with E-state index < -0.39 is 0 Å². The number of unbranched alkanes of at least 4 members (excludes halogenated alkanes) is 1. The number of aromatic nitrogens is 2. The Labute approximate surface area is 129 Å². The second-order valence-electron chi connectivity index (χ2n) is 4.77. The van der Waals surface area contributed by atoms with E-state index in [1.54, 1.807) is 17.1 Å². The Balaban J connectivity index is 1.92. The van der Waals surface area contributed by atoms with Crippen molar-refractivity contribution in [1.29, 1.82) is 0 Å². The highest BCUT2D eigenvalue weighted by molar-refractivity contribution is 6.31. The van der Waals surface area contributed by atoms with Gasteiger partial charge in [0.1, 0.15) is 0 Å². The van der Waals surface area contributed by atoms with Crippen molar-refractivity contribution in [1.82, 2.24) is 15.1 Å². The maximum Gasteiger partial charge on any atom is 0.254 e. The predicted molar refractivity (Wildman–Crippen MR) is 83.4 cm³/mol. The summed E-state index contributed by atoms with van der Waals surface area (Å²) in [7, 11) is 0. The van der Waals surface area contributed by atoms with E-state index in [-0.39, 0.29) is 5.91 Å². The fraction of sp³-hybridized carbons (Fsp3) is 0.333. The molecule has 112 valence electrons. The van der Waals surface area contributed by atoms with Crippen molar-refractivity contribution in [3.8, 4) is 0 Å². The number of hydrogen-bond acceptors (Lipinski definition) is 3. The molecule has 0 radical (unpaired) electrons. The molecule has 0 bridgehead atoms. The SMILES string of the molecule is NCCCCNC(=O)c1cnn(Cc2ccccc2Cl)c1. The molecule has 0 saturated heterocycles. The van der Waals surface area contributed by atoms with Crippen LogP contribution in [0.4, 0.5) is 0 Å². The highest BCUT2D eigenvalue weighted by Gasteiger charge is 2.08. The van der Waals surface area contributed by atoms with Crippen LogP contribution in [0.2, 0.25) is 5.02 Å². The van der Waals surface area contributed by atoms with Crippen LogP contribution in [0.1, 0.15) is 28.8 Å². The summed E-state index contributed by atoms with van der Waals surface area (Å²) in [5, 5.41) is 7.74. The van der Waals surface area contributed by atoms with Crippen molar-refractivity contribution >= 4 is 17.5 Å². The molecule has 0 spiro atoms. The summed E-state index contributed by atoms with van der Waals surface area (Å²) >= 11 is 6.11. The number of carbonyl (C=O) groups excluding carboxylic acids is 1. The number of rotatable bonds is 7. The number of carbonyl (C=O) groups is 1. The van der Waals surface area contributed by atoms with Crippen molar-refractivity contribution < 1.29 is 4.79 Å². The van der Waals surface area contributed by atoms with Gasteiger partial charge >= 0.3 is 0 Å². The van der Waals surface area contributed by atoms with Gasteiger partial charge in [-0.25, -0.2) is 0 Å². The van der Waals surface area contributed by atoms with E-state index in [2.05, 4.69) is 10.4 Å². The van der Waals surface area contributed by atoms with E-state index in [0.29, 0.717) is 30.2 Å². The van der Waals surface area contributed by atoms with Gasteiger partial charge in [-0.1, -0.05) is 29.8 Å². The molecule has 0 fully saturated rings. The minimum absolute atomic E-state index is 0.113. The molecule has 0 aliphatic rings. The first-order valence-corrected chi connectivity index (χ1v) is 7.32. The molecule has 1 heterocycles. The lowest BCUT2D eigenvalue weighted by atomic mass is 10.2. The normalized spacial score (nSPS) is 10.6. The van der Waals surface area contributed by atoms with Crippen molar-refractivity contribution in [2.45, 2.75) is 19.4 Å². The van der Waals surface area contributed by atoms with Crippen LogP contribution in [-0.2, 0) is 6.54 Å². The molecule has 2 aromatic rings. The topological polar surface area (TPSA) is 72.9 Å². The third-order valence-corrected chi connectivity index (χ3v) is 3.47. The lowest BCUT2D eigenvalue weighted by Crippen LogP contribution is -2.24. The summed E-state index contributed by atoms with van der Waals surface area (Å²) in [4.78, 5) is 11.9. The molecule has 0 saturated carbocycles. The largest absolute Gasteiger partial charge is 0.352 e. The molecular weight excluding hydrogens is 288 g/mol. The van der Waals surface area contributed by atoms with E-state index in [1.165, 1.54) is 0 Å². The molecule has 0 atom stereocenters. The smallest absolute Gasteiger partial charge is 0.254 e. The van der Waals surface area contributed by atoms with Gasteiger partial charge in [0.05, 0.1) is 18.3 Å². The van der Waals surface area contributed by atoms with E-state index >= 15 is 0 Å². The molecule has 1 amide bonds. The minimum Gasteiger partial charge on any atom is -0.352 e. The van der Waals surface area contributed by atoms with Crippen molar-refractivity contribution in [2.75, 3.05) is 13.1 Å². The summed E-state index contributed by atoms with van der Waals surface area (Å²) in [5.41, 5.74) is 6.93. The van der Waals surface area contributed by atoms with Gasteiger partial charge in [0.15, 0.2) is 0 Å². The second kappa shape index (κ2) is 7.81. The van der Waals surface area contributed by atoms with Crippen LogP contribution in [0.3, 0.4) is 0 Å². The molecule has 5 nitrogen and oxygen atoms in total. The van der Waals surface area contributed by atoms with Crippen LogP contribution >= 0.6 is 11.6 Å². The third kappa shape index (κ3) is 4.58. The van der Waals surface area contributed by atoms with E-state index in [4.69, 9.17) is 17.3 Å². The molecule has 3 N–H and O–H groups in total. The molecule has 1 aromatic carbocycles. The molecular formula is C15H19ClN4O. The Kier molecular flexibility index (Phi) is 5.78. The van der Waals surface area contributed by atoms with Gasteiger partial charge in [0.2, 0.25) is 0 Å². The molecule has 1 aromatic heterocycles. The van der Waals surface area contributed by atoms with Gasteiger partial charge < -0.3 is 11.1 Å². The summed E-state index contributed by atoms with van der Waals surface area (Å²) in [6.07, 6.45) is 5.08.